The van der Waals surface area contributed by atoms with Crippen LogP contribution in [0.3, 0.4) is 0 Å². The predicted octanol–water partition coefficient (Wildman–Crippen LogP) is 2.74. The smallest absolute Gasteiger partial charge is 0.103 e. The fourth-order valence-electron chi connectivity index (χ4n) is 1.11. The maximum absolute atomic E-state index is 8.93. The van der Waals surface area contributed by atoms with Gasteiger partial charge in [-0.05, 0) is 24.6 Å². The first-order valence-corrected chi connectivity index (χ1v) is 4.83. The topological polar surface area (TPSA) is 39.4 Å². The van der Waals surface area contributed by atoms with E-state index in [0.717, 1.165) is 5.56 Å². The summed E-state index contributed by atoms with van der Waals surface area (Å²) in [5, 5.41) is 9.38. The van der Waals surface area contributed by atoms with Crippen molar-refractivity contribution < 1.29 is 0 Å². The van der Waals surface area contributed by atoms with Crippen molar-refractivity contribution in [3.8, 4) is 6.07 Å². The van der Waals surface area contributed by atoms with Gasteiger partial charge in [0, 0.05) is 14.1 Å². The van der Waals surface area contributed by atoms with Gasteiger partial charge < -0.3 is 4.90 Å². The monoisotopic (exact) mass is 221 g/mol. The lowest BCUT2D eigenvalue weighted by molar-refractivity contribution is 0.643. The van der Waals surface area contributed by atoms with Gasteiger partial charge in [0.2, 0.25) is 0 Å². The highest BCUT2D eigenvalue weighted by molar-refractivity contribution is 6.32. The van der Waals surface area contributed by atoms with Gasteiger partial charge in [0.1, 0.15) is 6.07 Å². The Bertz CT molecular complexity index is 430. The third kappa shape index (κ3) is 2.97. The van der Waals surface area contributed by atoms with Gasteiger partial charge in [-0.1, -0.05) is 11.6 Å². The van der Waals surface area contributed by atoms with Crippen molar-refractivity contribution in [3.63, 3.8) is 0 Å². The van der Waals surface area contributed by atoms with Gasteiger partial charge in [-0.15, -0.1) is 0 Å². The first-order valence-electron chi connectivity index (χ1n) is 4.45. The van der Waals surface area contributed by atoms with E-state index in [9.17, 15) is 0 Å². The largest absolute Gasteiger partial charge is 0.369 e. The molecule has 0 radical (unpaired) electrons. The van der Waals surface area contributed by atoms with E-state index in [4.69, 9.17) is 16.9 Å². The predicted molar refractivity (Wildman–Crippen MR) is 62.7 cm³/mol. The van der Waals surface area contributed by atoms with Crippen molar-refractivity contribution in [2.75, 3.05) is 14.1 Å². The zero-order chi connectivity index (χ0) is 11.4. The van der Waals surface area contributed by atoms with Crippen LogP contribution < -0.4 is 0 Å². The second-order valence-electron chi connectivity index (χ2n) is 3.46. The molecule has 0 aliphatic carbocycles. The average Bonchev–Trinajstić information content (AvgIpc) is 2.13. The number of hydrogen-bond donors (Lipinski definition) is 0. The van der Waals surface area contributed by atoms with Crippen molar-refractivity contribution >= 4 is 23.6 Å². The fourth-order valence-corrected chi connectivity index (χ4v) is 1.43. The Balaban J connectivity index is 3.22. The molecular weight excluding hydrogens is 210 g/mol. The van der Waals surface area contributed by atoms with Crippen LogP contribution >= 0.6 is 11.6 Å². The van der Waals surface area contributed by atoms with Crippen LogP contribution in [-0.2, 0) is 0 Å². The molecule has 0 atom stereocenters. The van der Waals surface area contributed by atoms with Gasteiger partial charge in [0.05, 0.1) is 22.6 Å². The zero-order valence-electron chi connectivity index (χ0n) is 8.95. The summed E-state index contributed by atoms with van der Waals surface area (Å²) in [7, 11) is 3.74. The standard InChI is InChI=1S/C11H12ClN3/c1-8-4-10(12)9(6-13)11(5-8)14-7-15(2)3/h4-5,7H,1-3H3. The van der Waals surface area contributed by atoms with Crippen molar-refractivity contribution in [1.29, 1.82) is 5.26 Å². The van der Waals surface area contributed by atoms with E-state index < -0.39 is 0 Å². The SMILES string of the molecule is Cc1cc(Cl)c(C#N)c(N=CN(C)C)c1. The summed E-state index contributed by atoms with van der Waals surface area (Å²) in [6, 6.07) is 5.65. The number of benzene rings is 1. The molecule has 0 saturated heterocycles. The summed E-state index contributed by atoms with van der Waals surface area (Å²) in [5.74, 6) is 0. The lowest BCUT2D eigenvalue weighted by Crippen LogP contribution is -2.07. The highest BCUT2D eigenvalue weighted by atomic mass is 35.5. The average molecular weight is 222 g/mol. The Hall–Kier alpha value is -1.53. The highest BCUT2D eigenvalue weighted by Gasteiger charge is 2.06. The molecule has 1 aromatic carbocycles. The molecule has 0 fully saturated rings. The van der Waals surface area contributed by atoms with Crippen molar-refractivity contribution in [2.45, 2.75) is 6.92 Å². The molecular formula is C11H12ClN3. The Morgan fingerprint density at radius 2 is 2.13 bits per heavy atom. The van der Waals surface area contributed by atoms with Crippen LogP contribution in [0, 0.1) is 18.3 Å². The Morgan fingerprint density at radius 1 is 1.47 bits per heavy atom. The molecule has 0 heterocycles. The Kier molecular flexibility index (Phi) is 3.70. The highest BCUT2D eigenvalue weighted by Crippen LogP contribution is 2.27. The van der Waals surface area contributed by atoms with Crippen LogP contribution in [0.4, 0.5) is 5.69 Å². The normalized spacial score (nSPS) is 10.3. The summed E-state index contributed by atoms with van der Waals surface area (Å²) in [4.78, 5) is 6.00. The third-order valence-corrected chi connectivity index (χ3v) is 2.05. The van der Waals surface area contributed by atoms with E-state index in [1.54, 1.807) is 17.3 Å². The lowest BCUT2D eigenvalue weighted by atomic mass is 10.1. The number of nitrogens with zero attached hydrogens (tertiary/aromatic N) is 3. The lowest BCUT2D eigenvalue weighted by Gasteiger charge is -2.05. The van der Waals surface area contributed by atoms with Crippen LogP contribution in [0.25, 0.3) is 0 Å². The minimum Gasteiger partial charge on any atom is -0.369 e. The molecule has 0 bridgehead atoms. The summed E-state index contributed by atoms with van der Waals surface area (Å²) >= 11 is 5.94. The molecule has 0 aromatic heterocycles. The van der Waals surface area contributed by atoms with E-state index in [2.05, 4.69) is 11.1 Å². The van der Waals surface area contributed by atoms with Crippen LogP contribution in [-0.4, -0.2) is 25.3 Å². The minimum atomic E-state index is 0.417. The molecule has 1 aromatic rings. The quantitative estimate of drug-likeness (QED) is 0.569. The van der Waals surface area contributed by atoms with Gasteiger partial charge in [-0.2, -0.15) is 5.26 Å². The van der Waals surface area contributed by atoms with E-state index in [0.29, 0.717) is 16.3 Å². The molecule has 0 amide bonds. The molecule has 0 aliphatic rings. The molecule has 78 valence electrons. The number of aliphatic imine (C=N–C) groups is 1. The van der Waals surface area contributed by atoms with Crippen LogP contribution in [0.15, 0.2) is 17.1 Å². The van der Waals surface area contributed by atoms with Gasteiger partial charge in [0.15, 0.2) is 0 Å². The first kappa shape index (κ1) is 11.5. The molecule has 1 rings (SSSR count). The maximum atomic E-state index is 8.93. The third-order valence-electron chi connectivity index (χ3n) is 1.75. The molecule has 4 heteroatoms. The summed E-state index contributed by atoms with van der Waals surface area (Å²) in [5.41, 5.74) is 2.02. The number of nitriles is 1. The van der Waals surface area contributed by atoms with Gasteiger partial charge in [-0.3, -0.25) is 0 Å². The number of halogens is 1. The summed E-state index contributed by atoms with van der Waals surface area (Å²) < 4.78 is 0. The summed E-state index contributed by atoms with van der Waals surface area (Å²) in [6.07, 6.45) is 1.64. The van der Waals surface area contributed by atoms with E-state index >= 15 is 0 Å². The zero-order valence-corrected chi connectivity index (χ0v) is 9.71. The number of aryl methyl sites for hydroxylation is 1. The van der Waals surface area contributed by atoms with Crippen LogP contribution in [0.1, 0.15) is 11.1 Å². The number of hydrogen-bond acceptors (Lipinski definition) is 2. The van der Waals surface area contributed by atoms with Gasteiger partial charge in [0.25, 0.3) is 0 Å². The van der Waals surface area contributed by atoms with Crippen LogP contribution in [0.5, 0.6) is 0 Å². The first-order chi connectivity index (χ1) is 7.04. The molecule has 0 spiro atoms. The second-order valence-corrected chi connectivity index (χ2v) is 3.87. The molecule has 0 N–H and O–H groups in total. The van der Waals surface area contributed by atoms with E-state index in [1.165, 1.54) is 0 Å². The minimum absolute atomic E-state index is 0.417. The summed E-state index contributed by atoms with van der Waals surface area (Å²) in [6.45, 7) is 1.92. The molecule has 0 aliphatic heterocycles. The second kappa shape index (κ2) is 4.81. The van der Waals surface area contributed by atoms with Crippen molar-refractivity contribution in [2.24, 2.45) is 4.99 Å². The van der Waals surface area contributed by atoms with Crippen molar-refractivity contribution in [3.05, 3.63) is 28.3 Å². The van der Waals surface area contributed by atoms with E-state index in [1.807, 2.05) is 27.1 Å². The molecule has 3 nitrogen and oxygen atoms in total. The molecule has 0 saturated carbocycles. The Morgan fingerprint density at radius 3 is 2.67 bits per heavy atom. The van der Waals surface area contributed by atoms with E-state index in [-0.39, 0.29) is 0 Å². The van der Waals surface area contributed by atoms with Crippen molar-refractivity contribution in [1.82, 2.24) is 4.90 Å². The van der Waals surface area contributed by atoms with Gasteiger partial charge in [-0.25, -0.2) is 4.99 Å². The Labute approximate surface area is 94.6 Å². The molecule has 0 unspecified atom stereocenters. The van der Waals surface area contributed by atoms with Crippen LogP contribution in [0.2, 0.25) is 5.02 Å². The molecule has 15 heavy (non-hydrogen) atoms. The fraction of sp³-hybridized carbons (Fsp3) is 0.273. The maximum Gasteiger partial charge on any atom is 0.103 e. The van der Waals surface area contributed by atoms with Gasteiger partial charge >= 0.3 is 0 Å². The number of rotatable bonds is 2.